The van der Waals surface area contributed by atoms with E-state index in [9.17, 15) is 8.42 Å². The van der Waals surface area contributed by atoms with Gasteiger partial charge in [0, 0.05) is 18.4 Å². The Morgan fingerprint density at radius 2 is 1.87 bits per heavy atom. The zero-order valence-corrected chi connectivity index (χ0v) is 14.0. The van der Waals surface area contributed by atoms with E-state index >= 15 is 0 Å². The molecule has 1 saturated heterocycles. The van der Waals surface area contributed by atoms with Crippen molar-refractivity contribution in [2.24, 2.45) is 0 Å². The fourth-order valence-electron chi connectivity index (χ4n) is 3.09. The van der Waals surface area contributed by atoms with Gasteiger partial charge in [-0.05, 0) is 31.5 Å². The molecule has 3 rings (SSSR count). The van der Waals surface area contributed by atoms with Crippen molar-refractivity contribution in [3.05, 3.63) is 60.4 Å². The maximum Gasteiger partial charge on any atom is 0.245 e. The summed E-state index contributed by atoms with van der Waals surface area (Å²) in [4.78, 5) is 4.15. The highest BCUT2D eigenvalue weighted by Crippen LogP contribution is 2.34. The van der Waals surface area contributed by atoms with Gasteiger partial charge in [0.25, 0.3) is 0 Å². The lowest BCUT2D eigenvalue weighted by Crippen LogP contribution is -2.53. The van der Waals surface area contributed by atoms with E-state index in [1.54, 1.807) is 22.6 Å². The van der Waals surface area contributed by atoms with Crippen LogP contribution >= 0.6 is 0 Å². The highest BCUT2D eigenvalue weighted by molar-refractivity contribution is 7.89. The minimum atomic E-state index is -3.61. The van der Waals surface area contributed by atoms with Crippen molar-refractivity contribution >= 4 is 10.0 Å². The van der Waals surface area contributed by atoms with Crippen LogP contribution in [0.5, 0.6) is 0 Å². The molecule has 3 unspecified atom stereocenters. The molecule has 2 heterocycles. The Labute approximate surface area is 137 Å². The lowest BCUT2D eigenvalue weighted by molar-refractivity contribution is -0.0617. The largest absolute Gasteiger partial charge is 0.370 e. The molecule has 1 fully saturated rings. The van der Waals surface area contributed by atoms with Crippen LogP contribution in [0.2, 0.25) is 0 Å². The van der Waals surface area contributed by atoms with Crippen molar-refractivity contribution in [2.45, 2.75) is 36.9 Å². The second-order valence-electron chi connectivity index (χ2n) is 5.78. The summed E-state index contributed by atoms with van der Waals surface area (Å²) in [6.07, 6.45) is 2.68. The summed E-state index contributed by atoms with van der Waals surface area (Å²) in [6.45, 7) is 4.12. The molecule has 23 heavy (non-hydrogen) atoms. The molecule has 2 aromatic rings. The highest BCUT2D eigenvalue weighted by Gasteiger charge is 2.41. The van der Waals surface area contributed by atoms with E-state index in [4.69, 9.17) is 4.74 Å². The summed E-state index contributed by atoms with van der Waals surface area (Å²) >= 11 is 0. The number of aromatic nitrogens is 1. The fourth-order valence-corrected chi connectivity index (χ4v) is 4.86. The van der Waals surface area contributed by atoms with Crippen LogP contribution in [-0.2, 0) is 14.8 Å². The summed E-state index contributed by atoms with van der Waals surface area (Å²) in [5, 5.41) is 0. The maximum atomic E-state index is 13.0. The van der Waals surface area contributed by atoms with Crippen LogP contribution in [0, 0.1) is 0 Å². The zero-order valence-electron chi connectivity index (χ0n) is 13.2. The van der Waals surface area contributed by atoms with Crippen LogP contribution < -0.4 is 0 Å². The van der Waals surface area contributed by atoms with Crippen LogP contribution in [0.15, 0.2) is 59.8 Å². The molecule has 5 nitrogen and oxygen atoms in total. The molecule has 0 N–H and O–H groups in total. The lowest BCUT2D eigenvalue weighted by Gasteiger charge is -2.42. The monoisotopic (exact) mass is 332 g/mol. The Bertz CT molecular complexity index is 750. The van der Waals surface area contributed by atoms with Crippen LogP contribution in [-0.4, -0.2) is 36.4 Å². The summed E-state index contributed by atoms with van der Waals surface area (Å²) < 4.78 is 33.5. The quantitative estimate of drug-likeness (QED) is 0.867. The topological polar surface area (TPSA) is 59.5 Å². The Morgan fingerprint density at radius 1 is 1.13 bits per heavy atom. The first-order chi connectivity index (χ1) is 11.0. The normalized spacial score (nSPS) is 26.1. The van der Waals surface area contributed by atoms with E-state index in [-0.39, 0.29) is 23.1 Å². The smallest absolute Gasteiger partial charge is 0.245 e. The number of rotatable bonds is 3. The number of nitrogens with zero attached hydrogens (tertiary/aromatic N) is 2. The van der Waals surface area contributed by atoms with Crippen LogP contribution in [0.25, 0.3) is 0 Å². The number of ether oxygens (including phenoxy) is 1. The van der Waals surface area contributed by atoms with Gasteiger partial charge < -0.3 is 4.74 Å². The molecule has 1 aliphatic heterocycles. The molecular weight excluding hydrogens is 312 g/mol. The molecule has 6 heteroatoms. The van der Waals surface area contributed by atoms with Crippen LogP contribution in [0.3, 0.4) is 0 Å². The predicted octanol–water partition coefficient (Wildman–Crippen LogP) is 2.62. The van der Waals surface area contributed by atoms with E-state index in [1.165, 1.54) is 6.20 Å². The first-order valence-corrected chi connectivity index (χ1v) is 9.06. The number of sulfonamides is 1. The Balaban J connectivity index is 1.97. The second-order valence-corrected chi connectivity index (χ2v) is 7.62. The SMILES string of the molecule is CC1COC(c2ccccc2)C(C)N1S(=O)(=O)c1cccnc1. The van der Waals surface area contributed by atoms with Crippen LogP contribution in [0.1, 0.15) is 25.5 Å². The van der Waals surface area contributed by atoms with Gasteiger partial charge in [0.05, 0.1) is 18.8 Å². The summed E-state index contributed by atoms with van der Waals surface area (Å²) in [6, 6.07) is 12.4. The van der Waals surface area contributed by atoms with Gasteiger partial charge in [-0.2, -0.15) is 4.31 Å². The third-order valence-electron chi connectivity index (χ3n) is 4.13. The van der Waals surface area contributed by atoms with Gasteiger partial charge >= 0.3 is 0 Å². The summed E-state index contributed by atoms with van der Waals surface area (Å²) in [5.41, 5.74) is 0.985. The molecule has 0 radical (unpaired) electrons. The van der Waals surface area contributed by atoms with Crippen molar-refractivity contribution < 1.29 is 13.2 Å². The van der Waals surface area contributed by atoms with Gasteiger partial charge in [0.15, 0.2) is 0 Å². The zero-order chi connectivity index (χ0) is 16.4. The molecule has 122 valence electrons. The van der Waals surface area contributed by atoms with Crippen molar-refractivity contribution in [2.75, 3.05) is 6.61 Å². The van der Waals surface area contributed by atoms with Crippen molar-refractivity contribution in [1.82, 2.24) is 9.29 Å². The van der Waals surface area contributed by atoms with Gasteiger partial charge in [0.1, 0.15) is 4.90 Å². The molecular formula is C17H20N2O3S. The molecule has 3 atom stereocenters. The predicted molar refractivity (Wildman–Crippen MR) is 87.3 cm³/mol. The third-order valence-corrected chi connectivity index (χ3v) is 6.21. The highest BCUT2D eigenvalue weighted by atomic mass is 32.2. The van der Waals surface area contributed by atoms with E-state index in [1.807, 2.05) is 44.2 Å². The van der Waals surface area contributed by atoms with Crippen LogP contribution in [0.4, 0.5) is 0 Å². The average molecular weight is 332 g/mol. The second kappa shape index (κ2) is 6.39. The first kappa shape index (κ1) is 16.1. The molecule has 0 aliphatic carbocycles. The van der Waals surface area contributed by atoms with Gasteiger partial charge in [-0.25, -0.2) is 8.42 Å². The molecule has 0 bridgehead atoms. The van der Waals surface area contributed by atoms with Crippen molar-refractivity contribution in [1.29, 1.82) is 0 Å². The van der Waals surface area contributed by atoms with Gasteiger partial charge in [0.2, 0.25) is 10.0 Å². The van der Waals surface area contributed by atoms with E-state index < -0.39 is 10.0 Å². The van der Waals surface area contributed by atoms with Gasteiger partial charge in [-0.15, -0.1) is 0 Å². The molecule has 1 aromatic carbocycles. The van der Waals surface area contributed by atoms with Gasteiger partial charge in [-0.3, -0.25) is 4.98 Å². The van der Waals surface area contributed by atoms with E-state index in [2.05, 4.69) is 4.98 Å². The van der Waals surface area contributed by atoms with Crippen molar-refractivity contribution in [3.8, 4) is 0 Å². The molecule has 1 aromatic heterocycles. The minimum absolute atomic E-state index is 0.215. The molecule has 0 saturated carbocycles. The lowest BCUT2D eigenvalue weighted by atomic mass is 10.0. The van der Waals surface area contributed by atoms with Gasteiger partial charge in [-0.1, -0.05) is 30.3 Å². The van der Waals surface area contributed by atoms with E-state index in [0.717, 1.165) is 5.56 Å². The Morgan fingerprint density at radius 3 is 2.52 bits per heavy atom. The third kappa shape index (κ3) is 3.02. The maximum absolute atomic E-state index is 13.0. The number of hydrogen-bond acceptors (Lipinski definition) is 4. The van der Waals surface area contributed by atoms with Crippen molar-refractivity contribution in [3.63, 3.8) is 0 Å². The first-order valence-electron chi connectivity index (χ1n) is 7.62. The number of pyridine rings is 1. The Hall–Kier alpha value is -1.76. The molecule has 0 spiro atoms. The molecule has 0 amide bonds. The minimum Gasteiger partial charge on any atom is -0.370 e. The number of benzene rings is 1. The standard InChI is InChI=1S/C17H20N2O3S/c1-13-12-22-17(15-7-4-3-5-8-15)14(2)19(13)23(20,21)16-9-6-10-18-11-16/h3-11,13-14,17H,12H2,1-2H3. The average Bonchev–Trinajstić information content (AvgIpc) is 2.56. The Kier molecular flexibility index (Phi) is 4.48. The fraction of sp³-hybridized carbons (Fsp3) is 0.353. The number of hydrogen-bond donors (Lipinski definition) is 0. The summed E-state index contributed by atoms with van der Waals surface area (Å²) in [7, 11) is -3.61. The summed E-state index contributed by atoms with van der Waals surface area (Å²) in [5.74, 6) is 0. The number of morpholine rings is 1. The van der Waals surface area contributed by atoms with E-state index in [0.29, 0.717) is 6.61 Å². The molecule has 1 aliphatic rings.